The molecule has 4 heteroatoms. The Labute approximate surface area is 107 Å². The van der Waals surface area contributed by atoms with Crippen molar-refractivity contribution < 1.29 is 0 Å². The summed E-state index contributed by atoms with van der Waals surface area (Å²) in [6.07, 6.45) is 3.16. The lowest BCUT2D eigenvalue weighted by Crippen LogP contribution is -2.17. The molecule has 0 amide bonds. The maximum atomic E-state index is 5.94. The zero-order chi connectivity index (χ0) is 11.3. The van der Waals surface area contributed by atoms with Crippen LogP contribution in [0.25, 0.3) is 0 Å². The van der Waals surface area contributed by atoms with E-state index in [9.17, 15) is 0 Å². The van der Waals surface area contributed by atoms with Gasteiger partial charge in [-0.15, -0.1) is 33.2 Å². The first-order valence-corrected chi connectivity index (χ1v) is 10.2. The predicted molar refractivity (Wildman–Crippen MR) is 72.1 cm³/mol. The van der Waals surface area contributed by atoms with E-state index in [0.29, 0.717) is 0 Å². The van der Waals surface area contributed by atoms with Gasteiger partial charge in [0.15, 0.2) is 0 Å². The summed E-state index contributed by atoms with van der Waals surface area (Å²) in [5, 5.41) is 0. The van der Waals surface area contributed by atoms with Crippen molar-refractivity contribution >= 4 is 39.2 Å². The van der Waals surface area contributed by atoms with Gasteiger partial charge in [-0.2, -0.15) is 0 Å². The van der Waals surface area contributed by atoms with Crippen LogP contribution in [0.5, 0.6) is 0 Å². The zero-order valence-electron chi connectivity index (χ0n) is 8.72. The number of aryl methyl sites for hydroxylation is 1. The van der Waals surface area contributed by atoms with Crippen molar-refractivity contribution in [2.45, 2.75) is 31.7 Å². The average molecular weight is 282 g/mol. The number of hydrogen-bond donors (Lipinski definition) is 0. The van der Waals surface area contributed by atoms with Gasteiger partial charge in [-0.1, -0.05) is 37.3 Å². The van der Waals surface area contributed by atoms with Gasteiger partial charge < -0.3 is 0 Å². The number of halogens is 3. The third kappa shape index (κ3) is 5.25. The fraction of sp³-hybridized carbons (Fsp3) is 0.455. The highest BCUT2D eigenvalue weighted by Gasteiger charge is 2.32. The summed E-state index contributed by atoms with van der Waals surface area (Å²) in [5.74, 6) is 0. The van der Waals surface area contributed by atoms with Gasteiger partial charge in [-0.3, -0.25) is 0 Å². The fourth-order valence-corrected chi connectivity index (χ4v) is 2.93. The van der Waals surface area contributed by atoms with E-state index in [1.807, 2.05) is 13.0 Å². The van der Waals surface area contributed by atoms with Crippen LogP contribution in [0.2, 0.25) is 5.54 Å². The molecule has 0 aliphatic carbocycles. The third-order valence-electron chi connectivity index (χ3n) is 2.50. The molecule has 84 valence electrons. The molecular formula is C11H15Cl3Si. The molecule has 0 aliphatic rings. The Bertz CT molecular complexity index is 282. The van der Waals surface area contributed by atoms with E-state index in [0.717, 1.165) is 19.3 Å². The topological polar surface area (TPSA) is 0 Å². The SMILES string of the molecule is CC(CCCc1ccccc1)[Si](Cl)(Cl)Cl. The van der Waals surface area contributed by atoms with Crippen molar-refractivity contribution in [2.75, 3.05) is 0 Å². The number of hydrogen-bond acceptors (Lipinski definition) is 0. The van der Waals surface area contributed by atoms with Crippen LogP contribution in [0.15, 0.2) is 30.3 Å². The number of benzene rings is 1. The molecule has 0 spiro atoms. The van der Waals surface area contributed by atoms with Gasteiger partial charge in [0.1, 0.15) is 0 Å². The van der Waals surface area contributed by atoms with Crippen LogP contribution in [0.1, 0.15) is 25.3 Å². The first-order chi connectivity index (χ1) is 7.00. The summed E-state index contributed by atoms with van der Waals surface area (Å²) in [6, 6.07) is 7.93. The molecule has 0 saturated carbocycles. The molecule has 0 saturated heterocycles. The molecule has 15 heavy (non-hydrogen) atoms. The summed E-state index contributed by atoms with van der Waals surface area (Å²) < 4.78 is 0. The van der Waals surface area contributed by atoms with E-state index in [2.05, 4.69) is 24.3 Å². The number of rotatable bonds is 5. The minimum absolute atomic E-state index is 0.242. The van der Waals surface area contributed by atoms with Crippen molar-refractivity contribution in [3.05, 3.63) is 35.9 Å². The molecule has 1 aromatic carbocycles. The second-order valence-electron chi connectivity index (χ2n) is 3.82. The van der Waals surface area contributed by atoms with Crippen molar-refractivity contribution in [3.63, 3.8) is 0 Å². The highest BCUT2D eigenvalue weighted by Crippen LogP contribution is 2.36. The fourth-order valence-electron chi connectivity index (χ4n) is 1.42. The Kier molecular flexibility index (Phi) is 5.48. The quantitative estimate of drug-likeness (QED) is 0.523. The van der Waals surface area contributed by atoms with Crippen LogP contribution in [-0.4, -0.2) is 6.00 Å². The van der Waals surface area contributed by atoms with Gasteiger partial charge in [-0.05, 0) is 30.4 Å². The smallest absolute Gasteiger partial charge is 0.126 e. The summed E-state index contributed by atoms with van der Waals surface area (Å²) in [5.41, 5.74) is 1.60. The van der Waals surface area contributed by atoms with E-state index >= 15 is 0 Å². The maximum absolute atomic E-state index is 5.94. The van der Waals surface area contributed by atoms with Crippen LogP contribution >= 0.6 is 33.2 Å². The zero-order valence-corrected chi connectivity index (χ0v) is 12.0. The second kappa shape index (κ2) is 6.14. The minimum Gasteiger partial charge on any atom is -0.126 e. The Morgan fingerprint density at radius 3 is 2.27 bits per heavy atom. The molecule has 0 aliphatic heterocycles. The molecule has 1 unspecified atom stereocenters. The summed E-state index contributed by atoms with van der Waals surface area (Å²) in [4.78, 5) is 0. The van der Waals surface area contributed by atoms with Gasteiger partial charge in [0.2, 0.25) is 0 Å². The monoisotopic (exact) mass is 280 g/mol. The largest absolute Gasteiger partial charge is 0.344 e. The Morgan fingerprint density at radius 1 is 1.13 bits per heavy atom. The highest BCUT2D eigenvalue weighted by atomic mass is 35.8. The molecular weight excluding hydrogens is 267 g/mol. The summed E-state index contributed by atoms with van der Waals surface area (Å²) in [6.45, 7) is 2.03. The van der Waals surface area contributed by atoms with E-state index in [4.69, 9.17) is 33.2 Å². The standard InChI is InChI=1S/C11H15Cl3Si/c1-10(15(12,13)14)6-5-9-11-7-3-2-4-8-11/h2-4,7-8,10H,5-6,9H2,1H3. The average Bonchev–Trinajstić information content (AvgIpc) is 2.18. The van der Waals surface area contributed by atoms with E-state index in [1.165, 1.54) is 5.56 Å². The molecule has 0 fully saturated rings. The normalized spacial score (nSPS) is 13.9. The summed E-state index contributed by atoms with van der Waals surface area (Å²) in [7, 11) is 0. The lowest BCUT2D eigenvalue weighted by Gasteiger charge is -2.16. The lowest BCUT2D eigenvalue weighted by molar-refractivity contribution is 0.711. The van der Waals surface area contributed by atoms with E-state index < -0.39 is 6.00 Å². The molecule has 0 aromatic heterocycles. The van der Waals surface area contributed by atoms with E-state index in [1.54, 1.807) is 0 Å². The molecule has 1 rings (SSSR count). The van der Waals surface area contributed by atoms with Crippen molar-refractivity contribution in [1.29, 1.82) is 0 Å². The molecule has 0 nitrogen and oxygen atoms in total. The molecule has 1 atom stereocenters. The highest BCUT2D eigenvalue weighted by molar-refractivity contribution is 7.65. The molecule has 0 bridgehead atoms. The molecule has 1 aromatic rings. The summed E-state index contributed by atoms with van der Waals surface area (Å²) >= 11 is 17.8. The maximum Gasteiger partial charge on any atom is 0.344 e. The van der Waals surface area contributed by atoms with Gasteiger partial charge in [-0.25, -0.2) is 0 Å². The lowest BCUT2D eigenvalue weighted by atomic mass is 10.1. The minimum atomic E-state index is -2.48. The van der Waals surface area contributed by atoms with Gasteiger partial charge in [0.25, 0.3) is 0 Å². The van der Waals surface area contributed by atoms with Gasteiger partial charge in [0.05, 0.1) is 0 Å². The van der Waals surface area contributed by atoms with Crippen molar-refractivity contribution in [3.8, 4) is 0 Å². The first kappa shape index (κ1) is 13.4. The molecule has 0 heterocycles. The van der Waals surface area contributed by atoms with Gasteiger partial charge in [0, 0.05) is 0 Å². The molecule has 0 radical (unpaired) electrons. The van der Waals surface area contributed by atoms with E-state index in [-0.39, 0.29) is 5.54 Å². The Hall–Kier alpha value is 0.307. The van der Waals surface area contributed by atoms with Crippen LogP contribution in [0.3, 0.4) is 0 Å². The third-order valence-corrected chi connectivity index (χ3v) is 7.26. The Morgan fingerprint density at radius 2 is 1.73 bits per heavy atom. The Balaban J connectivity index is 2.28. The van der Waals surface area contributed by atoms with Crippen LogP contribution in [-0.2, 0) is 6.42 Å². The second-order valence-corrected chi connectivity index (χ2v) is 13.0. The molecule has 0 N–H and O–H groups in total. The van der Waals surface area contributed by atoms with Crippen LogP contribution in [0, 0.1) is 0 Å². The van der Waals surface area contributed by atoms with Crippen molar-refractivity contribution in [2.24, 2.45) is 0 Å². The van der Waals surface area contributed by atoms with Gasteiger partial charge >= 0.3 is 6.00 Å². The van der Waals surface area contributed by atoms with Crippen molar-refractivity contribution in [1.82, 2.24) is 0 Å². The van der Waals surface area contributed by atoms with Crippen LogP contribution in [0.4, 0.5) is 0 Å². The van der Waals surface area contributed by atoms with Crippen LogP contribution < -0.4 is 0 Å². The predicted octanol–water partition coefficient (Wildman–Crippen LogP) is 5.05. The first-order valence-electron chi connectivity index (χ1n) is 5.11.